The monoisotopic (exact) mass is 284 g/mol. The highest BCUT2D eigenvalue weighted by molar-refractivity contribution is 6.30. The Morgan fingerprint density at radius 1 is 1.32 bits per heavy atom. The van der Waals surface area contributed by atoms with Gasteiger partial charge >= 0.3 is 5.69 Å². The molecule has 2 rings (SSSR count). The predicted molar refractivity (Wildman–Crippen MR) is 77.0 cm³/mol. The lowest BCUT2D eigenvalue weighted by atomic mass is 9.83. The quantitative estimate of drug-likeness (QED) is 0.868. The number of nitrogens with zero attached hydrogens (tertiary/aromatic N) is 1. The number of H-pyrrole nitrogens is 1. The lowest BCUT2D eigenvalue weighted by molar-refractivity contribution is 0.233. The van der Waals surface area contributed by atoms with E-state index in [0.717, 1.165) is 19.3 Å². The van der Waals surface area contributed by atoms with Crippen molar-refractivity contribution in [3.8, 4) is 0 Å². The topological polar surface area (TPSA) is 54.9 Å². The van der Waals surface area contributed by atoms with Crippen molar-refractivity contribution in [2.75, 3.05) is 0 Å². The van der Waals surface area contributed by atoms with Gasteiger partial charge in [-0.2, -0.15) is 0 Å². The van der Waals surface area contributed by atoms with Gasteiger partial charge in [-0.25, -0.2) is 4.79 Å². The van der Waals surface area contributed by atoms with Crippen LogP contribution >= 0.6 is 11.6 Å². The SMILES string of the molecule is CCC(C1CCCCC1)n1c(=O)[nH]c(Cl)c(C)c1=O. The van der Waals surface area contributed by atoms with Crippen LogP contribution in [0.3, 0.4) is 0 Å². The molecule has 1 atom stereocenters. The Morgan fingerprint density at radius 2 is 1.95 bits per heavy atom. The number of hydrogen-bond acceptors (Lipinski definition) is 2. The molecule has 0 amide bonds. The van der Waals surface area contributed by atoms with Crippen molar-refractivity contribution < 1.29 is 0 Å². The fraction of sp³-hybridized carbons (Fsp3) is 0.714. The summed E-state index contributed by atoms with van der Waals surface area (Å²) < 4.78 is 1.39. The van der Waals surface area contributed by atoms with E-state index >= 15 is 0 Å². The molecular formula is C14H21ClN2O2. The molecule has 1 heterocycles. The number of aromatic amines is 1. The second-order valence-electron chi connectivity index (χ2n) is 5.42. The van der Waals surface area contributed by atoms with E-state index in [-0.39, 0.29) is 22.4 Å². The fourth-order valence-electron chi connectivity index (χ4n) is 3.16. The number of rotatable bonds is 3. The molecule has 1 aliphatic rings. The largest absolute Gasteiger partial charge is 0.329 e. The zero-order valence-electron chi connectivity index (χ0n) is 11.5. The first-order chi connectivity index (χ1) is 9.06. The van der Waals surface area contributed by atoms with Crippen LogP contribution in [-0.2, 0) is 0 Å². The third-order valence-corrected chi connectivity index (χ3v) is 4.63. The van der Waals surface area contributed by atoms with Crippen molar-refractivity contribution in [1.82, 2.24) is 9.55 Å². The van der Waals surface area contributed by atoms with Gasteiger partial charge in [0.2, 0.25) is 0 Å². The molecule has 1 unspecified atom stereocenters. The smallest absolute Gasteiger partial charge is 0.297 e. The van der Waals surface area contributed by atoms with Gasteiger partial charge in [0.25, 0.3) is 5.56 Å². The van der Waals surface area contributed by atoms with E-state index in [2.05, 4.69) is 4.98 Å². The summed E-state index contributed by atoms with van der Waals surface area (Å²) in [5.74, 6) is 0.429. The van der Waals surface area contributed by atoms with Crippen molar-refractivity contribution in [2.45, 2.75) is 58.4 Å². The standard InChI is InChI=1S/C14H21ClN2O2/c1-3-11(10-7-5-4-6-8-10)17-13(18)9(2)12(15)16-14(17)19/h10-11H,3-8H2,1-2H3,(H,16,19). The first kappa shape index (κ1) is 14.4. The lowest BCUT2D eigenvalue weighted by Crippen LogP contribution is -2.42. The van der Waals surface area contributed by atoms with E-state index in [0.29, 0.717) is 11.5 Å². The van der Waals surface area contributed by atoms with Gasteiger partial charge in [-0.3, -0.25) is 14.3 Å². The van der Waals surface area contributed by atoms with Crippen LogP contribution in [0, 0.1) is 12.8 Å². The van der Waals surface area contributed by atoms with E-state index in [1.54, 1.807) is 6.92 Å². The summed E-state index contributed by atoms with van der Waals surface area (Å²) in [5, 5.41) is 0.157. The lowest BCUT2D eigenvalue weighted by Gasteiger charge is -2.30. The third-order valence-electron chi connectivity index (χ3n) is 4.25. The summed E-state index contributed by atoms with van der Waals surface area (Å²) in [6.07, 6.45) is 6.66. The van der Waals surface area contributed by atoms with Crippen LogP contribution < -0.4 is 11.2 Å². The summed E-state index contributed by atoms with van der Waals surface area (Å²) in [6, 6.07) is -0.00693. The summed E-state index contributed by atoms with van der Waals surface area (Å²) in [4.78, 5) is 27.0. The second kappa shape index (κ2) is 5.95. The molecule has 1 aromatic heterocycles. The Kier molecular flexibility index (Phi) is 4.50. The average Bonchev–Trinajstić information content (AvgIpc) is 2.42. The van der Waals surface area contributed by atoms with Gasteiger partial charge in [0.15, 0.2) is 0 Å². The predicted octanol–water partition coefficient (Wildman–Crippen LogP) is 3.03. The number of halogens is 1. The summed E-state index contributed by atoms with van der Waals surface area (Å²) in [5.41, 5.74) is -0.195. The number of aromatic nitrogens is 2. The number of hydrogen-bond donors (Lipinski definition) is 1. The van der Waals surface area contributed by atoms with Crippen LogP contribution in [0.2, 0.25) is 5.15 Å². The van der Waals surface area contributed by atoms with Crippen molar-refractivity contribution in [3.05, 3.63) is 31.6 Å². The number of nitrogens with one attached hydrogen (secondary N) is 1. The van der Waals surface area contributed by atoms with E-state index in [9.17, 15) is 9.59 Å². The molecule has 1 aromatic rings. The van der Waals surface area contributed by atoms with E-state index in [1.807, 2.05) is 6.92 Å². The Morgan fingerprint density at radius 3 is 2.53 bits per heavy atom. The van der Waals surface area contributed by atoms with Crippen LogP contribution in [0.1, 0.15) is 57.1 Å². The molecule has 0 saturated heterocycles. The van der Waals surface area contributed by atoms with Crippen molar-refractivity contribution in [2.24, 2.45) is 5.92 Å². The second-order valence-corrected chi connectivity index (χ2v) is 5.80. The molecule has 0 aliphatic heterocycles. The first-order valence-electron chi connectivity index (χ1n) is 7.07. The van der Waals surface area contributed by atoms with E-state index in [1.165, 1.54) is 23.8 Å². The molecule has 4 nitrogen and oxygen atoms in total. The van der Waals surface area contributed by atoms with Crippen molar-refractivity contribution in [3.63, 3.8) is 0 Å². The highest BCUT2D eigenvalue weighted by atomic mass is 35.5. The van der Waals surface area contributed by atoms with Gasteiger partial charge in [0.1, 0.15) is 5.15 Å². The minimum absolute atomic E-state index is 0.00693. The summed E-state index contributed by atoms with van der Waals surface area (Å²) >= 11 is 5.86. The van der Waals surface area contributed by atoms with Crippen molar-refractivity contribution in [1.29, 1.82) is 0 Å². The van der Waals surface area contributed by atoms with Gasteiger partial charge in [-0.15, -0.1) is 0 Å². The van der Waals surface area contributed by atoms with Crippen LogP contribution in [0.15, 0.2) is 9.59 Å². The molecular weight excluding hydrogens is 264 g/mol. The molecule has 0 aromatic carbocycles. The first-order valence-corrected chi connectivity index (χ1v) is 7.45. The zero-order valence-corrected chi connectivity index (χ0v) is 12.3. The Hall–Kier alpha value is -1.03. The highest BCUT2D eigenvalue weighted by Gasteiger charge is 2.26. The Balaban J connectivity index is 2.46. The molecule has 1 saturated carbocycles. The maximum atomic E-state index is 12.3. The molecule has 1 fully saturated rings. The molecule has 1 N–H and O–H groups in total. The fourth-order valence-corrected chi connectivity index (χ4v) is 3.32. The van der Waals surface area contributed by atoms with E-state index < -0.39 is 0 Å². The van der Waals surface area contributed by atoms with Gasteiger partial charge in [-0.05, 0) is 32.1 Å². The molecule has 0 spiro atoms. The third kappa shape index (κ3) is 2.78. The minimum atomic E-state index is -0.377. The highest BCUT2D eigenvalue weighted by Crippen LogP contribution is 2.33. The van der Waals surface area contributed by atoms with Gasteiger partial charge in [0.05, 0.1) is 0 Å². The van der Waals surface area contributed by atoms with Crippen LogP contribution in [-0.4, -0.2) is 9.55 Å². The van der Waals surface area contributed by atoms with Crippen LogP contribution in [0.25, 0.3) is 0 Å². The van der Waals surface area contributed by atoms with Crippen LogP contribution in [0.4, 0.5) is 0 Å². The molecule has 19 heavy (non-hydrogen) atoms. The van der Waals surface area contributed by atoms with Crippen molar-refractivity contribution >= 4 is 11.6 Å². The normalized spacial score (nSPS) is 18.5. The van der Waals surface area contributed by atoms with Gasteiger partial charge in [0, 0.05) is 11.6 Å². The molecule has 0 radical (unpaired) electrons. The molecule has 106 valence electrons. The molecule has 1 aliphatic carbocycles. The Bertz CT molecular complexity index is 556. The molecule has 0 bridgehead atoms. The zero-order chi connectivity index (χ0) is 14.0. The van der Waals surface area contributed by atoms with Gasteiger partial charge in [-0.1, -0.05) is 37.8 Å². The molecule has 5 heteroatoms. The Labute approximate surface area is 117 Å². The summed E-state index contributed by atoms with van der Waals surface area (Å²) in [7, 11) is 0. The average molecular weight is 285 g/mol. The minimum Gasteiger partial charge on any atom is -0.297 e. The van der Waals surface area contributed by atoms with Gasteiger partial charge < -0.3 is 0 Å². The maximum absolute atomic E-state index is 12.3. The van der Waals surface area contributed by atoms with Crippen LogP contribution in [0.5, 0.6) is 0 Å². The maximum Gasteiger partial charge on any atom is 0.329 e. The van der Waals surface area contributed by atoms with E-state index in [4.69, 9.17) is 11.6 Å². The summed E-state index contributed by atoms with van der Waals surface area (Å²) in [6.45, 7) is 3.69.